The highest BCUT2D eigenvalue weighted by molar-refractivity contribution is 7.51. The van der Waals surface area contributed by atoms with Crippen LogP contribution in [-0.2, 0) is 9.09 Å². The van der Waals surface area contributed by atoms with Gasteiger partial charge in [-0.05, 0) is 32.1 Å². The van der Waals surface area contributed by atoms with Crippen molar-refractivity contribution in [2.45, 2.75) is 32.1 Å². The SMILES string of the molecule is COP(=O)(O)N=C(N1CCCCC1)N1CCCC1. The van der Waals surface area contributed by atoms with Crippen molar-refractivity contribution in [3.63, 3.8) is 0 Å². The molecular formula is C11H22N3O3P. The maximum atomic E-state index is 11.7. The molecular weight excluding hydrogens is 253 g/mol. The maximum Gasteiger partial charge on any atom is 0.454 e. The van der Waals surface area contributed by atoms with Gasteiger partial charge in [0.2, 0.25) is 5.96 Å². The predicted octanol–water partition coefficient (Wildman–Crippen LogP) is 1.67. The molecule has 1 N–H and O–H groups in total. The first-order valence-corrected chi connectivity index (χ1v) is 8.14. The first-order chi connectivity index (χ1) is 8.62. The van der Waals surface area contributed by atoms with E-state index in [0.717, 1.165) is 51.9 Å². The number of nitrogens with zero attached hydrogens (tertiary/aromatic N) is 3. The second kappa shape index (κ2) is 6.04. The summed E-state index contributed by atoms with van der Waals surface area (Å²) in [5.41, 5.74) is 0. The van der Waals surface area contributed by atoms with Gasteiger partial charge in [-0.15, -0.1) is 4.76 Å². The highest BCUT2D eigenvalue weighted by Crippen LogP contribution is 2.43. The van der Waals surface area contributed by atoms with Crippen molar-refractivity contribution < 1.29 is 14.0 Å². The van der Waals surface area contributed by atoms with E-state index >= 15 is 0 Å². The van der Waals surface area contributed by atoms with Gasteiger partial charge in [0.05, 0.1) is 0 Å². The molecule has 7 heteroatoms. The molecule has 0 aromatic carbocycles. The Labute approximate surface area is 108 Å². The minimum Gasteiger partial charge on any atom is -0.342 e. The maximum absolute atomic E-state index is 11.7. The fourth-order valence-corrected chi connectivity index (χ4v) is 3.05. The van der Waals surface area contributed by atoms with E-state index in [2.05, 4.69) is 19.1 Å². The van der Waals surface area contributed by atoms with Crippen LogP contribution in [0.4, 0.5) is 0 Å². The van der Waals surface area contributed by atoms with Crippen LogP contribution in [0.3, 0.4) is 0 Å². The summed E-state index contributed by atoms with van der Waals surface area (Å²) < 4.78 is 20.3. The van der Waals surface area contributed by atoms with Crippen molar-refractivity contribution in [2.24, 2.45) is 4.76 Å². The van der Waals surface area contributed by atoms with Crippen LogP contribution in [0.2, 0.25) is 0 Å². The van der Waals surface area contributed by atoms with Crippen molar-refractivity contribution in [1.29, 1.82) is 0 Å². The van der Waals surface area contributed by atoms with Gasteiger partial charge in [0.15, 0.2) is 0 Å². The van der Waals surface area contributed by atoms with Gasteiger partial charge in [0, 0.05) is 33.3 Å². The van der Waals surface area contributed by atoms with Gasteiger partial charge in [-0.3, -0.25) is 4.52 Å². The first-order valence-electron chi connectivity index (χ1n) is 6.61. The third-order valence-corrected chi connectivity index (χ3v) is 4.39. The van der Waals surface area contributed by atoms with E-state index in [9.17, 15) is 9.46 Å². The van der Waals surface area contributed by atoms with Crippen LogP contribution < -0.4 is 0 Å². The standard InChI is InChI=1S/C11H22N3O3P/c1-17-18(15,16)12-11(14-9-5-6-10-14)13-7-3-2-4-8-13/h2-10H2,1H3,(H,15,16). The first kappa shape index (κ1) is 13.8. The molecule has 2 aliphatic heterocycles. The zero-order chi connectivity index (χ0) is 13.0. The second-order valence-corrected chi connectivity index (χ2v) is 6.36. The van der Waals surface area contributed by atoms with E-state index in [1.165, 1.54) is 13.5 Å². The highest BCUT2D eigenvalue weighted by atomic mass is 31.2. The van der Waals surface area contributed by atoms with E-state index < -0.39 is 7.75 Å². The fraction of sp³-hybridized carbons (Fsp3) is 0.909. The average Bonchev–Trinajstić information content (AvgIpc) is 2.91. The molecule has 0 aromatic heterocycles. The van der Waals surface area contributed by atoms with Crippen LogP contribution in [0.15, 0.2) is 4.76 Å². The summed E-state index contributed by atoms with van der Waals surface area (Å²) in [6.45, 7) is 3.66. The van der Waals surface area contributed by atoms with E-state index in [-0.39, 0.29) is 0 Å². The molecule has 2 rings (SSSR count). The lowest BCUT2D eigenvalue weighted by Gasteiger charge is -2.34. The molecule has 2 fully saturated rings. The Bertz CT molecular complexity index is 349. The van der Waals surface area contributed by atoms with Crippen LogP contribution in [0.1, 0.15) is 32.1 Å². The van der Waals surface area contributed by atoms with Crippen molar-refractivity contribution >= 4 is 13.7 Å². The molecule has 1 atom stereocenters. The second-order valence-electron chi connectivity index (χ2n) is 4.82. The largest absolute Gasteiger partial charge is 0.454 e. The molecule has 18 heavy (non-hydrogen) atoms. The number of guanidine groups is 1. The number of hydrogen-bond acceptors (Lipinski definition) is 2. The molecule has 0 saturated carbocycles. The molecule has 0 radical (unpaired) electrons. The summed E-state index contributed by atoms with van der Waals surface area (Å²) in [7, 11) is -2.62. The number of likely N-dealkylation sites (tertiary alicyclic amines) is 2. The predicted molar refractivity (Wildman–Crippen MR) is 70.5 cm³/mol. The van der Waals surface area contributed by atoms with Crippen molar-refractivity contribution in [3.05, 3.63) is 0 Å². The van der Waals surface area contributed by atoms with Gasteiger partial charge in [-0.25, -0.2) is 4.57 Å². The molecule has 2 saturated heterocycles. The van der Waals surface area contributed by atoms with Gasteiger partial charge >= 0.3 is 7.75 Å². The van der Waals surface area contributed by atoms with Crippen molar-refractivity contribution in [3.8, 4) is 0 Å². The lowest BCUT2D eigenvalue weighted by atomic mass is 10.1. The lowest BCUT2D eigenvalue weighted by Crippen LogP contribution is -2.45. The minimum atomic E-state index is -3.84. The van der Waals surface area contributed by atoms with Crippen LogP contribution in [0.25, 0.3) is 0 Å². The quantitative estimate of drug-likeness (QED) is 0.472. The molecule has 104 valence electrons. The van der Waals surface area contributed by atoms with Gasteiger partial charge in [0.1, 0.15) is 0 Å². The average molecular weight is 275 g/mol. The van der Waals surface area contributed by atoms with Gasteiger partial charge in [0.25, 0.3) is 0 Å². The Balaban J connectivity index is 2.18. The minimum absolute atomic E-state index is 0.653. The van der Waals surface area contributed by atoms with Crippen LogP contribution in [0.5, 0.6) is 0 Å². The van der Waals surface area contributed by atoms with E-state index in [1.807, 2.05) is 0 Å². The molecule has 2 aliphatic rings. The molecule has 0 spiro atoms. The molecule has 0 bridgehead atoms. The Morgan fingerprint density at radius 2 is 1.50 bits per heavy atom. The highest BCUT2D eigenvalue weighted by Gasteiger charge is 2.27. The summed E-state index contributed by atoms with van der Waals surface area (Å²) in [4.78, 5) is 13.8. The van der Waals surface area contributed by atoms with E-state index in [0.29, 0.717) is 5.96 Å². The van der Waals surface area contributed by atoms with Crippen molar-refractivity contribution in [2.75, 3.05) is 33.3 Å². The van der Waals surface area contributed by atoms with E-state index in [4.69, 9.17) is 0 Å². The smallest absolute Gasteiger partial charge is 0.342 e. The molecule has 1 unspecified atom stereocenters. The molecule has 0 aliphatic carbocycles. The summed E-state index contributed by atoms with van der Waals surface area (Å²) in [5.74, 6) is 0.653. The lowest BCUT2D eigenvalue weighted by molar-refractivity contribution is 0.289. The molecule has 0 aromatic rings. The fourth-order valence-electron chi connectivity index (χ4n) is 2.49. The Morgan fingerprint density at radius 1 is 1.06 bits per heavy atom. The Hall–Kier alpha value is -0.580. The van der Waals surface area contributed by atoms with Crippen LogP contribution >= 0.6 is 7.75 Å². The molecule has 6 nitrogen and oxygen atoms in total. The number of hydrogen-bond donors (Lipinski definition) is 1. The molecule has 0 amide bonds. The van der Waals surface area contributed by atoms with Crippen molar-refractivity contribution in [1.82, 2.24) is 9.80 Å². The number of rotatable bonds is 2. The zero-order valence-corrected chi connectivity index (χ0v) is 11.8. The Morgan fingerprint density at radius 3 is 1.94 bits per heavy atom. The monoisotopic (exact) mass is 275 g/mol. The summed E-state index contributed by atoms with van der Waals surface area (Å²) in [6.07, 6.45) is 5.71. The topological polar surface area (TPSA) is 65.4 Å². The molecule has 2 heterocycles. The van der Waals surface area contributed by atoms with E-state index in [1.54, 1.807) is 0 Å². The van der Waals surface area contributed by atoms with Gasteiger partial charge in [-0.2, -0.15) is 0 Å². The summed E-state index contributed by atoms with van der Waals surface area (Å²) in [6, 6.07) is 0. The normalized spacial score (nSPS) is 25.3. The third kappa shape index (κ3) is 3.46. The number of piperidine rings is 1. The van der Waals surface area contributed by atoms with Crippen LogP contribution in [0, 0.1) is 0 Å². The zero-order valence-electron chi connectivity index (χ0n) is 10.9. The Kier molecular flexibility index (Phi) is 4.65. The summed E-state index contributed by atoms with van der Waals surface area (Å²) >= 11 is 0. The van der Waals surface area contributed by atoms with Gasteiger partial charge in [-0.1, -0.05) is 0 Å². The summed E-state index contributed by atoms with van der Waals surface area (Å²) in [5, 5.41) is 0. The van der Waals surface area contributed by atoms with Gasteiger partial charge < -0.3 is 14.7 Å². The van der Waals surface area contributed by atoms with Crippen LogP contribution in [-0.4, -0.2) is 53.9 Å². The third-order valence-electron chi connectivity index (χ3n) is 3.48.